The summed E-state index contributed by atoms with van der Waals surface area (Å²) in [6.07, 6.45) is 4.45. The molecule has 1 unspecified atom stereocenters. The van der Waals surface area contributed by atoms with Gasteiger partial charge in [0.1, 0.15) is 23.2 Å². The lowest BCUT2D eigenvalue weighted by molar-refractivity contribution is -0.146. The normalized spacial score (nSPS) is 17.1. The van der Waals surface area contributed by atoms with Crippen LogP contribution in [-0.4, -0.2) is 114 Å². The van der Waals surface area contributed by atoms with Gasteiger partial charge in [-0.3, -0.25) is 24.1 Å². The first kappa shape index (κ1) is 50.0. The molecule has 4 N–H and O–H groups in total. The number of benzene rings is 5. The number of nitrogens with one attached hydrogen (secondary N) is 2. The van der Waals surface area contributed by atoms with Crippen molar-refractivity contribution in [2.24, 2.45) is 11.3 Å². The van der Waals surface area contributed by atoms with Crippen molar-refractivity contribution < 1.29 is 38.8 Å². The SMILES string of the molecule is COc1cc(CNC[C@H](O)c2ccc(O)c3[nH]c(=O)ccc23)ccc1C(=O)N1CCC2(CCN(C(=O)COc3cccc(C(C(=O)OCC4CCN(Cc5ccccc5)CC4)c4ccccc4)c3)CC2)CC1. The van der Waals surface area contributed by atoms with Gasteiger partial charge in [0.2, 0.25) is 5.56 Å². The lowest BCUT2D eigenvalue weighted by atomic mass is 9.71. The Labute approximate surface area is 420 Å². The van der Waals surface area contributed by atoms with Crippen LogP contribution in [0.5, 0.6) is 17.2 Å². The van der Waals surface area contributed by atoms with Crippen molar-refractivity contribution in [3.8, 4) is 17.2 Å². The number of phenolic OH excluding ortho intramolecular Hbond substituents is 1. The number of aromatic hydroxyl groups is 1. The topological polar surface area (TPSA) is 174 Å². The summed E-state index contributed by atoms with van der Waals surface area (Å²) in [6.45, 7) is 6.23. The summed E-state index contributed by atoms with van der Waals surface area (Å²) in [6, 6.07) is 39.2. The fraction of sp³-hybridized carbons (Fsp3) is 0.379. The minimum Gasteiger partial charge on any atom is -0.506 e. The Morgan fingerprint density at radius 1 is 0.764 bits per heavy atom. The summed E-state index contributed by atoms with van der Waals surface area (Å²) < 4.78 is 17.9. The van der Waals surface area contributed by atoms with E-state index >= 15 is 0 Å². The smallest absolute Gasteiger partial charge is 0.317 e. The molecule has 376 valence electrons. The minimum absolute atomic E-state index is 0.0529. The third-order valence-electron chi connectivity index (χ3n) is 15.1. The fourth-order valence-electron chi connectivity index (χ4n) is 10.7. The Bertz CT molecular complexity index is 2870. The molecule has 1 aromatic heterocycles. The zero-order valence-corrected chi connectivity index (χ0v) is 41.0. The monoisotopic (exact) mass is 975 g/mol. The molecule has 1 spiro atoms. The molecule has 3 aliphatic heterocycles. The molecule has 14 nitrogen and oxygen atoms in total. The first-order valence-corrected chi connectivity index (χ1v) is 25.2. The molecule has 14 heteroatoms. The lowest BCUT2D eigenvalue weighted by Gasteiger charge is -2.46. The molecule has 9 rings (SSSR count). The van der Waals surface area contributed by atoms with Crippen molar-refractivity contribution in [2.75, 3.05) is 66.1 Å². The van der Waals surface area contributed by atoms with Crippen LogP contribution in [0.25, 0.3) is 10.9 Å². The number of nitrogens with zero attached hydrogens (tertiary/aromatic N) is 3. The summed E-state index contributed by atoms with van der Waals surface area (Å²) in [5, 5.41) is 25.0. The van der Waals surface area contributed by atoms with Crippen LogP contribution in [0.4, 0.5) is 0 Å². The highest BCUT2D eigenvalue weighted by Crippen LogP contribution is 2.42. The number of ether oxygens (including phenoxy) is 3. The number of hydrogen-bond donors (Lipinski definition) is 4. The zero-order chi connectivity index (χ0) is 50.0. The van der Waals surface area contributed by atoms with Gasteiger partial charge in [-0.2, -0.15) is 0 Å². The molecule has 0 radical (unpaired) electrons. The number of amides is 2. The molecule has 0 aliphatic carbocycles. The minimum atomic E-state index is -0.907. The third kappa shape index (κ3) is 12.0. The number of pyridine rings is 1. The quantitative estimate of drug-likeness (QED) is 0.0664. The second-order valence-corrected chi connectivity index (χ2v) is 19.7. The van der Waals surface area contributed by atoms with E-state index in [1.165, 1.54) is 17.7 Å². The van der Waals surface area contributed by atoms with Crippen LogP contribution in [0.2, 0.25) is 0 Å². The number of likely N-dealkylation sites (tertiary alicyclic amines) is 3. The molecule has 2 amide bonds. The van der Waals surface area contributed by atoms with E-state index in [1.54, 1.807) is 25.3 Å². The number of H-pyrrole nitrogens is 1. The molecule has 6 aromatic rings. The van der Waals surface area contributed by atoms with Gasteiger partial charge in [-0.25, -0.2) is 0 Å². The molecule has 5 aromatic carbocycles. The maximum Gasteiger partial charge on any atom is 0.317 e. The number of hydrogen-bond acceptors (Lipinski definition) is 11. The number of aromatic nitrogens is 1. The summed E-state index contributed by atoms with van der Waals surface area (Å²) in [5.74, 6) is 0.144. The number of aliphatic hydroxyl groups is 1. The third-order valence-corrected chi connectivity index (χ3v) is 15.1. The van der Waals surface area contributed by atoms with E-state index in [4.69, 9.17) is 14.2 Å². The summed E-state index contributed by atoms with van der Waals surface area (Å²) in [4.78, 5) is 62.0. The van der Waals surface area contributed by atoms with E-state index in [9.17, 15) is 29.4 Å². The maximum absolute atomic E-state index is 13.9. The van der Waals surface area contributed by atoms with Crippen LogP contribution < -0.4 is 20.3 Å². The van der Waals surface area contributed by atoms with Gasteiger partial charge in [0, 0.05) is 57.3 Å². The second-order valence-electron chi connectivity index (χ2n) is 19.7. The van der Waals surface area contributed by atoms with Crippen LogP contribution in [0.1, 0.15) is 88.7 Å². The van der Waals surface area contributed by atoms with Crippen LogP contribution in [0.15, 0.2) is 132 Å². The van der Waals surface area contributed by atoms with Gasteiger partial charge in [-0.15, -0.1) is 0 Å². The van der Waals surface area contributed by atoms with Gasteiger partial charge in [-0.1, -0.05) is 84.9 Å². The van der Waals surface area contributed by atoms with Gasteiger partial charge in [0.25, 0.3) is 11.8 Å². The van der Waals surface area contributed by atoms with Crippen LogP contribution in [0.3, 0.4) is 0 Å². The Morgan fingerprint density at radius 2 is 1.46 bits per heavy atom. The number of carbonyl (C=O) groups is 3. The number of esters is 1. The van der Waals surface area contributed by atoms with Gasteiger partial charge < -0.3 is 44.5 Å². The molecule has 2 atom stereocenters. The average molecular weight is 976 g/mol. The van der Waals surface area contributed by atoms with Gasteiger partial charge in [0.05, 0.1) is 30.9 Å². The molecular weight excluding hydrogens is 911 g/mol. The number of piperidine rings is 3. The fourth-order valence-corrected chi connectivity index (χ4v) is 10.7. The Hall–Kier alpha value is -7.00. The molecule has 4 heterocycles. The molecule has 3 aliphatic rings. The Balaban J connectivity index is 0.723. The van der Waals surface area contributed by atoms with E-state index in [2.05, 4.69) is 39.5 Å². The van der Waals surface area contributed by atoms with Crippen molar-refractivity contribution in [3.05, 3.63) is 171 Å². The van der Waals surface area contributed by atoms with Crippen LogP contribution >= 0.6 is 0 Å². The van der Waals surface area contributed by atoms with Gasteiger partial charge in [-0.05, 0) is 127 Å². The Kier molecular flexibility index (Phi) is 16.0. The summed E-state index contributed by atoms with van der Waals surface area (Å²) in [7, 11) is 1.55. The largest absolute Gasteiger partial charge is 0.506 e. The standard InChI is InChI=1S/C58H65N5O9/c1-70-51-33-42(35-59-36-50(65)46-17-19-49(64)55-47(46)18-20-52(66)60-55)15-16-48(51)56(68)63-31-25-58(26-32-63)23-29-62(30-24-58)53(67)39-71-45-14-8-13-44(34-45)54(43-11-6-3-7-12-43)57(69)72-38-41-21-27-61(28-22-41)37-40-9-4-2-5-10-40/h2-20,33-34,41,50,54,59,64-65H,21-32,35-39H2,1H3,(H,60,66)/t50-,54?/m0/s1. The number of rotatable bonds is 17. The molecule has 3 fully saturated rings. The number of aromatic amines is 1. The highest BCUT2D eigenvalue weighted by Gasteiger charge is 2.40. The van der Waals surface area contributed by atoms with E-state index in [0.717, 1.165) is 74.8 Å². The van der Waals surface area contributed by atoms with Gasteiger partial charge in [0.15, 0.2) is 6.61 Å². The number of phenols is 1. The first-order valence-electron chi connectivity index (χ1n) is 25.2. The van der Waals surface area contributed by atoms with E-state index in [1.807, 2.05) is 82.6 Å². The molecule has 0 bridgehead atoms. The number of methoxy groups -OCH3 is 1. The van der Waals surface area contributed by atoms with Crippen molar-refractivity contribution in [3.63, 3.8) is 0 Å². The van der Waals surface area contributed by atoms with Crippen molar-refractivity contribution in [1.29, 1.82) is 0 Å². The van der Waals surface area contributed by atoms with Gasteiger partial charge >= 0.3 is 5.97 Å². The predicted octanol–water partition coefficient (Wildman–Crippen LogP) is 7.58. The zero-order valence-electron chi connectivity index (χ0n) is 41.0. The highest BCUT2D eigenvalue weighted by atomic mass is 16.5. The summed E-state index contributed by atoms with van der Waals surface area (Å²) >= 11 is 0. The molecule has 3 saturated heterocycles. The van der Waals surface area contributed by atoms with Crippen molar-refractivity contribution in [1.82, 2.24) is 25.0 Å². The molecule has 0 saturated carbocycles. The van der Waals surface area contributed by atoms with Crippen molar-refractivity contribution in [2.45, 2.75) is 63.6 Å². The number of carbonyl (C=O) groups excluding carboxylic acids is 3. The van der Waals surface area contributed by atoms with E-state index in [0.29, 0.717) is 73.3 Å². The molecule has 72 heavy (non-hydrogen) atoms. The molecular formula is C58H65N5O9. The average Bonchev–Trinajstić information content (AvgIpc) is 3.41. The second kappa shape index (κ2) is 23.0. The number of aliphatic hydroxyl groups excluding tert-OH is 1. The van der Waals surface area contributed by atoms with Crippen LogP contribution in [0, 0.1) is 11.3 Å². The van der Waals surface area contributed by atoms with Crippen molar-refractivity contribution >= 4 is 28.7 Å². The number of fused-ring (bicyclic) bond motifs is 1. The lowest BCUT2D eigenvalue weighted by Crippen LogP contribution is -2.50. The van der Waals surface area contributed by atoms with E-state index in [-0.39, 0.29) is 53.2 Å². The summed E-state index contributed by atoms with van der Waals surface area (Å²) in [5.41, 5.74) is 4.82. The van der Waals surface area contributed by atoms with E-state index < -0.39 is 12.0 Å². The Morgan fingerprint density at radius 3 is 2.18 bits per heavy atom. The maximum atomic E-state index is 13.9. The first-order chi connectivity index (χ1) is 35.0. The highest BCUT2D eigenvalue weighted by molar-refractivity contribution is 5.97. The predicted molar refractivity (Wildman–Crippen MR) is 275 cm³/mol. The van der Waals surface area contributed by atoms with Crippen LogP contribution in [-0.2, 0) is 27.4 Å².